The minimum absolute atomic E-state index is 0.240. The topological polar surface area (TPSA) is 79.8 Å². The summed E-state index contributed by atoms with van der Waals surface area (Å²) in [6.45, 7) is 1.90. The van der Waals surface area contributed by atoms with Gasteiger partial charge in [0, 0.05) is 24.0 Å². The van der Waals surface area contributed by atoms with Crippen molar-refractivity contribution >= 4 is 11.5 Å². The summed E-state index contributed by atoms with van der Waals surface area (Å²) in [4.78, 5) is 20.4. The molecule has 0 amide bonds. The van der Waals surface area contributed by atoms with Gasteiger partial charge in [-0.25, -0.2) is 14.8 Å². The van der Waals surface area contributed by atoms with Crippen molar-refractivity contribution in [2.24, 2.45) is 0 Å². The van der Waals surface area contributed by atoms with Gasteiger partial charge < -0.3 is 18.9 Å². The van der Waals surface area contributed by atoms with E-state index in [1.54, 1.807) is 60.9 Å². The lowest BCUT2D eigenvalue weighted by atomic mass is 10.1. The second-order valence-corrected chi connectivity index (χ2v) is 5.98. The Morgan fingerprint density at radius 3 is 2.31 bits per heavy atom. The lowest BCUT2D eigenvalue weighted by Crippen LogP contribution is -2.05. The summed E-state index contributed by atoms with van der Waals surface area (Å²) < 4.78 is 21.5. The van der Waals surface area contributed by atoms with Gasteiger partial charge in [-0.2, -0.15) is 0 Å². The standard InChI is InChI=1S/C22H20N2O5/c1-15-12-23-22(24-13-15)29-17-8-6-7-16(11-17)28-20-10-5-4-9-18(20)19(14-26-2)21(25)27-3/h4-14H,1-3H3. The van der Waals surface area contributed by atoms with Gasteiger partial charge in [-0.1, -0.05) is 24.3 Å². The van der Waals surface area contributed by atoms with E-state index in [1.807, 2.05) is 6.92 Å². The molecular formula is C22H20N2O5. The van der Waals surface area contributed by atoms with E-state index in [-0.39, 0.29) is 11.6 Å². The van der Waals surface area contributed by atoms with E-state index in [2.05, 4.69) is 9.97 Å². The zero-order valence-corrected chi connectivity index (χ0v) is 16.3. The average Bonchev–Trinajstić information content (AvgIpc) is 2.74. The third kappa shape index (κ3) is 5.10. The maximum atomic E-state index is 12.1. The van der Waals surface area contributed by atoms with Gasteiger partial charge in [-0.05, 0) is 30.7 Å². The normalized spacial score (nSPS) is 10.9. The van der Waals surface area contributed by atoms with Crippen LogP contribution in [0.4, 0.5) is 0 Å². The number of aromatic nitrogens is 2. The van der Waals surface area contributed by atoms with Gasteiger partial charge in [-0.15, -0.1) is 0 Å². The first-order valence-corrected chi connectivity index (χ1v) is 8.76. The van der Waals surface area contributed by atoms with Gasteiger partial charge in [0.05, 0.1) is 20.5 Å². The molecule has 2 aromatic carbocycles. The number of esters is 1. The summed E-state index contributed by atoms with van der Waals surface area (Å²) in [5.74, 6) is 0.967. The molecule has 0 radical (unpaired) electrons. The number of benzene rings is 2. The molecule has 148 valence electrons. The molecule has 0 saturated carbocycles. The van der Waals surface area contributed by atoms with Crippen LogP contribution in [0.5, 0.6) is 23.3 Å². The number of hydrogen-bond acceptors (Lipinski definition) is 7. The molecule has 1 heterocycles. The van der Waals surface area contributed by atoms with Crippen LogP contribution < -0.4 is 9.47 Å². The first-order valence-electron chi connectivity index (χ1n) is 8.76. The molecule has 29 heavy (non-hydrogen) atoms. The van der Waals surface area contributed by atoms with Crippen LogP contribution in [0.15, 0.2) is 67.2 Å². The van der Waals surface area contributed by atoms with Crippen molar-refractivity contribution in [2.45, 2.75) is 6.92 Å². The molecule has 3 aromatic rings. The first kappa shape index (κ1) is 19.9. The van der Waals surface area contributed by atoms with Crippen molar-refractivity contribution in [1.82, 2.24) is 9.97 Å². The predicted molar refractivity (Wildman–Crippen MR) is 107 cm³/mol. The number of rotatable bonds is 7. The fourth-order valence-electron chi connectivity index (χ4n) is 2.49. The highest BCUT2D eigenvalue weighted by molar-refractivity contribution is 6.17. The number of ether oxygens (including phenoxy) is 4. The van der Waals surface area contributed by atoms with E-state index in [1.165, 1.54) is 20.5 Å². The third-order valence-electron chi connectivity index (χ3n) is 3.82. The molecule has 0 aliphatic carbocycles. The van der Waals surface area contributed by atoms with E-state index in [9.17, 15) is 4.79 Å². The summed E-state index contributed by atoms with van der Waals surface area (Å²) in [6, 6.07) is 14.4. The summed E-state index contributed by atoms with van der Waals surface area (Å²) in [5.41, 5.74) is 1.72. The molecule has 0 bridgehead atoms. The van der Waals surface area contributed by atoms with E-state index in [0.29, 0.717) is 22.8 Å². The highest BCUT2D eigenvalue weighted by Crippen LogP contribution is 2.32. The smallest absolute Gasteiger partial charge is 0.341 e. The van der Waals surface area contributed by atoms with Gasteiger partial charge in [0.15, 0.2) is 0 Å². The maximum Gasteiger partial charge on any atom is 0.341 e. The molecule has 0 atom stereocenters. The molecule has 1 aromatic heterocycles. The molecule has 7 nitrogen and oxygen atoms in total. The number of carbonyl (C=O) groups is 1. The molecule has 3 rings (SSSR count). The molecule has 0 fully saturated rings. The second-order valence-electron chi connectivity index (χ2n) is 5.98. The molecular weight excluding hydrogens is 372 g/mol. The zero-order valence-electron chi connectivity index (χ0n) is 16.3. The molecule has 0 saturated heterocycles. The Kier molecular flexibility index (Phi) is 6.42. The van der Waals surface area contributed by atoms with Gasteiger partial charge in [0.25, 0.3) is 0 Å². The van der Waals surface area contributed by atoms with Gasteiger partial charge >= 0.3 is 12.0 Å². The lowest BCUT2D eigenvalue weighted by Gasteiger charge is -2.13. The fraction of sp³-hybridized carbons (Fsp3) is 0.136. The predicted octanol–water partition coefficient (Wildman–Crippen LogP) is 4.53. The van der Waals surface area contributed by atoms with Crippen molar-refractivity contribution < 1.29 is 23.7 Å². The molecule has 7 heteroatoms. The van der Waals surface area contributed by atoms with Gasteiger partial charge in [-0.3, -0.25) is 0 Å². The summed E-state index contributed by atoms with van der Waals surface area (Å²) in [5, 5.41) is 0. The minimum atomic E-state index is -0.531. The molecule has 0 N–H and O–H groups in total. The quantitative estimate of drug-likeness (QED) is 0.332. The van der Waals surface area contributed by atoms with Crippen LogP contribution in [0.25, 0.3) is 5.57 Å². The van der Waals surface area contributed by atoms with E-state index in [0.717, 1.165) is 5.56 Å². The van der Waals surface area contributed by atoms with Crippen molar-refractivity contribution in [3.63, 3.8) is 0 Å². The van der Waals surface area contributed by atoms with Crippen LogP contribution in [0.3, 0.4) is 0 Å². The highest BCUT2D eigenvalue weighted by Gasteiger charge is 2.18. The van der Waals surface area contributed by atoms with Gasteiger partial charge in [0.1, 0.15) is 22.8 Å². The Morgan fingerprint density at radius 2 is 1.62 bits per heavy atom. The largest absolute Gasteiger partial charge is 0.503 e. The molecule has 0 spiro atoms. The number of aryl methyl sites for hydroxylation is 1. The second kappa shape index (κ2) is 9.36. The van der Waals surface area contributed by atoms with Crippen LogP contribution in [0.2, 0.25) is 0 Å². The van der Waals surface area contributed by atoms with Crippen LogP contribution in [-0.4, -0.2) is 30.2 Å². The Hall–Kier alpha value is -3.87. The summed E-state index contributed by atoms with van der Waals surface area (Å²) in [6.07, 6.45) is 4.67. The van der Waals surface area contributed by atoms with Gasteiger partial charge in [0.2, 0.25) is 0 Å². The minimum Gasteiger partial charge on any atom is -0.503 e. The first-order chi connectivity index (χ1) is 14.1. The van der Waals surface area contributed by atoms with Crippen molar-refractivity contribution in [3.8, 4) is 23.3 Å². The van der Waals surface area contributed by atoms with Crippen molar-refractivity contribution in [2.75, 3.05) is 14.2 Å². The molecule has 0 aliphatic rings. The monoisotopic (exact) mass is 392 g/mol. The number of para-hydroxylation sites is 1. The Labute approximate surface area is 168 Å². The van der Waals surface area contributed by atoms with Crippen LogP contribution in [0, 0.1) is 6.92 Å². The summed E-state index contributed by atoms with van der Waals surface area (Å²) >= 11 is 0. The molecule has 0 aliphatic heterocycles. The lowest BCUT2D eigenvalue weighted by molar-refractivity contribution is -0.133. The van der Waals surface area contributed by atoms with E-state index < -0.39 is 5.97 Å². The summed E-state index contributed by atoms with van der Waals surface area (Å²) in [7, 11) is 2.77. The number of nitrogens with zero attached hydrogens (tertiary/aromatic N) is 2. The molecule has 0 unspecified atom stereocenters. The number of methoxy groups -OCH3 is 2. The fourth-order valence-corrected chi connectivity index (χ4v) is 2.49. The number of hydrogen-bond donors (Lipinski definition) is 0. The zero-order chi connectivity index (χ0) is 20.6. The number of carbonyl (C=O) groups excluding carboxylic acids is 1. The van der Waals surface area contributed by atoms with Crippen molar-refractivity contribution in [3.05, 3.63) is 78.3 Å². The average molecular weight is 392 g/mol. The van der Waals surface area contributed by atoms with E-state index in [4.69, 9.17) is 18.9 Å². The Morgan fingerprint density at radius 1 is 0.931 bits per heavy atom. The Balaban J connectivity index is 1.86. The third-order valence-corrected chi connectivity index (χ3v) is 3.82. The van der Waals surface area contributed by atoms with Crippen molar-refractivity contribution in [1.29, 1.82) is 0 Å². The van der Waals surface area contributed by atoms with E-state index >= 15 is 0 Å². The van der Waals surface area contributed by atoms with Crippen LogP contribution in [-0.2, 0) is 14.3 Å². The van der Waals surface area contributed by atoms with Crippen LogP contribution in [0.1, 0.15) is 11.1 Å². The SMILES string of the molecule is COC=C(C(=O)OC)c1ccccc1Oc1cccc(Oc2ncc(C)cn2)c1. The van der Waals surface area contributed by atoms with Crippen LogP contribution >= 0.6 is 0 Å². The Bertz CT molecular complexity index is 1020. The maximum absolute atomic E-state index is 12.1. The highest BCUT2D eigenvalue weighted by atomic mass is 16.5.